The van der Waals surface area contributed by atoms with Gasteiger partial charge in [0, 0.05) is 0 Å². The van der Waals surface area contributed by atoms with Crippen LogP contribution in [0.1, 0.15) is 19.8 Å². The van der Waals surface area contributed by atoms with Gasteiger partial charge in [-0.15, -0.1) is 0 Å². The van der Waals surface area contributed by atoms with Crippen LogP contribution in [-0.4, -0.2) is 0 Å². The van der Waals surface area contributed by atoms with Gasteiger partial charge in [-0.2, -0.15) is 0 Å². The van der Waals surface area contributed by atoms with E-state index in [1.807, 2.05) is 0 Å². The first-order chi connectivity index (χ1) is 12.2. The molecule has 3 aromatic rings. The Balaban J connectivity index is 2.40. The third-order valence-corrected chi connectivity index (χ3v) is 13.7. The molecule has 0 saturated carbocycles. The summed E-state index contributed by atoms with van der Waals surface area (Å²) in [5.41, 5.74) is 0. The molecule has 0 aliphatic rings. The Kier molecular flexibility index (Phi) is 5.57. The van der Waals surface area contributed by atoms with Crippen LogP contribution >= 0.6 is 20.8 Å². The molecular formula is C23H24BrP. The van der Waals surface area contributed by atoms with Gasteiger partial charge in [-0.25, -0.2) is 0 Å². The Morgan fingerprint density at radius 2 is 1.04 bits per heavy atom. The number of hydrogen-bond donors (Lipinski definition) is 0. The summed E-state index contributed by atoms with van der Waals surface area (Å²) in [5, 5.41) is 1.16. The molecule has 0 fully saturated rings. The molecule has 2 heteroatoms. The quantitative estimate of drug-likeness (QED) is 0.428. The molecule has 0 heterocycles. The van der Waals surface area contributed by atoms with Crippen LogP contribution in [0.3, 0.4) is 0 Å². The summed E-state index contributed by atoms with van der Waals surface area (Å²) >= 11 is 4.39. The van der Waals surface area contributed by atoms with Crippen LogP contribution in [0.15, 0.2) is 103 Å². The van der Waals surface area contributed by atoms with Gasteiger partial charge in [0.2, 0.25) is 0 Å². The summed E-state index contributed by atoms with van der Waals surface area (Å²) in [6, 6.07) is 32.6. The van der Waals surface area contributed by atoms with Crippen molar-refractivity contribution in [2.75, 3.05) is 0 Å². The molecule has 0 aliphatic heterocycles. The van der Waals surface area contributed by atoms with Gasteiger partial charge in [0.25, 0.3) is 0 Å². The zero-order valence-electron chi connectivity index (χ0n) is 14.6. The van der Waals surface area contributed by atoms with Gasteiger partial charge in [-0.05, 0) is 0 Å². The zero-order valence-corrected chi connectivity index (χ0v) is 17.0. The van der Waals surface area contributed by atoms with E-state index in [0.717, 1.165) is 12.8 Å². The molecule has 0 aromatic heterocycles. The Labute approximate surface area is 159 Å². The second-order valence-electron chi connectivity index (χ2n) is 6.25. The molecule has 3 rings (SSSR count). The third kappa shape index (κ3) is 3.24. The standard InChI is InChI=1S/C23H24BrP/c1-2-3-13-20-25(24,21-14-7-4-8-15-21,22-16-9-5-10-17-22)23-18-11-6-12-19-23/h4-20H,2-3H2,1H3/b20-13+. The Bertz CT molecular complexity index is 726. The van der Waals surface area contributed by atoms with E-state index >= 15 is 0 Å². The number of rotatable bonds is 6. The van der Waals surface area contributed by atoms with Crippen LogP contribution in [0.2, 0.25) is 0 Å². The summed E-state index contributed by atoms with van der Waals surface area (Å²) in [6.45, 7) is 2.22. The topological polar surface area (TPSA) is 0 Å². The zero-order chi connectivity index (χ0) is 17.6. The van der Waals surface area contributed by atoms with Crippen molar-refractivity contribution in [3.05, 3.63) is 103 Å². The van der Waals surface area contributed by atoms with Gasteiger partial charge in [0.05, 0.1) is 0 Å². The van der Waals surface area contributed by atoms with E-state index in [1.165, 1.54) is 15.9 Å². The molecule has 0 bridgehead atoms. The second kappa shape index (κ2) is 7.68. The maximum atomic E-state index is 4.39. The first-order valence-corrected chi connectivity index (χ1v) is 13.1. The van der Waals surface area contributed by atoms with Crippen LogP contribution in [0.25, 0.3) is 0 Å². The Morgan fingerprint density at radius 1 is 0.680 bits per heavy atom. The molecule has 0 N–H and O–H groups in total. The van der Waals surface area contributed by atoms with E-state index in [0.29, 0.717) is 0 Å². The minimum atomic E-state index is -2.84. The second-order valence-corrected chi connectivity index (χ2v) is 14.7. The van der Waals surface area contributed by atoms with Gasteiger partial charge >= 0.3 is 159 Å². The van der Waals surface area contributed by atoms with E-state index < -0.39 is 5.31 Å². The van der Waals surface area contributed by atoms with Crippen LogP contribution in [0, 0.1) is 0 Å². The first kappa shape index (κ1) is 18.1. The molecular weight excluding hydrogens is 387 g/mol. The number of hydrogen-bond acceptors (Lipinski definition) is 0. The molecule has 3 aromatic carbocycles. The van der Waals surface area contributed by atoms with Crippen molar-refractivity contribution in [1.82, 2.24) is 0 Å². The molecule has 0 radical (unpaired) electrons. The summed E-state index contributed by atoms with van der Waals surface area (Å²) in [4.78, 5) is 0. The summed E-state index contributed by atoms with van der Waals surface area (Å²) in [6.07, 6.45) is 4.57. The molecule has 0 atom stereocenters. The van der Waals surface area contributed by atoms with Crippen LogP contribution in [0.4, 0.5) is 0 Å². The van der Waals surface area contributed by atoms with Crippen molar-refractivity contribution in [3.63, 3.8) is 0 Å². The number of halogens is 1. The number of unbranched alkanes of at least 4 members (excludes halogenated alkanes) is 1. The predicted octanol–water partition coefficient (Wildman–Crippen LogP) is 6.14. The monoisotopic (exact) mass is 410 g/mol. The summed E-state index contributed by atoms with van der Waals surface area (Å²) < 4.78 is 0. The molecule has 25 heavy (non-hydrogen) atoms. The van der Waals surface area contributed by atoms with Crippen LogP contribution < -0.4 is 15.9 Å². The van der Waals surface area contributed by atoms with Crippen LogP contribution in [-0.2, 0) is 0 Å². The molecule has 0 aliphatic carbocycles. The van der Waals surface area contributed by atoms with Gasteiger partial charge in [-0.3, -0.25) is 0 Å². The van der Waals surface area contributed by atoms with E-state index in [4.69, 9.17) is 0 Å². The van der Waals surface area contributed by atoms with E-state index in [1.54, 1.807) is 0 Å². The number of allylic oxidation sites excluding steroid dienone is 1. The van der Waals surface area contributed by atoms with Gasteiger partial charge in [-0.1, -0.05) is 0 Å². The summed E-state index contributed by atoms with van der Waals surface area (Å²) in [7, 11) is 0. The fraction of sp³-hybridized carbons (Fsp3) is 0.130. The van der Waals surface area contributed by atoms with Gasteiger partial charge in [0.15, 0.2) is 0 Å². The molecule has 0 saturated heterocycles. The van der Waals surface area contributed by atoms with Crippen molar-refractivity contribution >= 4 is 36.7 Å². The van der Waals surface area contributed by atoms with Gasteiger partial charge in [0.1, 0.15) is 0 Å². The van der Waals surface area contributed by atoms with E-state index in [-0.39, 0.29) is 0 Å². The number of benzene rings is 3. The molecule has 0 amide bonds. The predicted molar refractivity (Wildman–Crippen MR) is 118 cm³/mol. The first-order valence-electron chi connectivity index (χ1n) is 8.78. The average Bonchev–Trinajstić information content (AvgIpc) is 2.70. The van der Waals surface area contributed by atoms with Crippen molar-refractivity contribution in [1.29, 1.82) is 0 Å². The normalized spacial score (nSPS) is 13.4. The molecule has 0 nitrogen and oxygen atoms in total. The van der Waals surface area contributed by atoms with E-state index in [9.17, 15) is 0 Å². The molecule has 0 unspecified atom stereocenters. The molecule has 128 valence electrons. The minimum absolute atomic E-state index is 1.08. The van der Waals surface area contributed by atoms with Crippen molar-refractivity contribution < 1.29 is 0 Å². The van der Waals surface area contributed by atoms with Gasteiger partial charge < -0.3 is 0 Å². The molecule has 0 spiro atoms. The average molecular weight is 411 g/mol. The maximum absolute atomic E-state index is 4.39. The third-order valence-electron chi connectivity index (χ3n) is 4.62. The SMILES string of the molecule is CCC/C=C/P(Br)(c1ccccc1)(c1ccccc1)c1ccccc1. The van der Waals surface area contributed by atoms with E-state index in [2.05, 4.69) is 125 Å². The van der Waals surface area contributed by atoms with Crippen molar-refractivity contribution in [3.8, 4) is 0 Å². The van der Waals surface area contributed by atoms with Crippen molar-refractivity contribution in [2.45, 2.75) is 19.8 Å². The Hall–Kier alpha value is -1.69. The van der Waals surface area contributed by atoms with Crippen molar-refractivity contribution in [2.24, 2.45) is 0 Å². The fourth-order valence-electron chi connectivity index (χ4n) is 3.30. The Morgan fingerprint density at radius 3 is 1.36 bits per heavy atom. The summed E-state index contributed by atoms with van der Waals surface area (Å²) in [5.74, 6) is 2.45. The van der Waals surface area contributed by atoms with Crippen LogP contribution in [0.5, 0.6) is 0 Å². The fourth-order valence-corrected chi connectivity index (χ4v) is 10.2.